The molecule has 3 heterocycles. The lowest BCUT2D eigenvalue weighted by molar-refractivity contribution is -0.379. The Morgan fingerprint density at radius 1 is 0.432 bits per heavy atom. The number of rotatable bonds is 43. The van der Waals surface area contributed by atoms with E-state index in [1.54, 1.807) is 0 Å². The second kappa shape index (κ2) is 40.0. The third-order valence-corrected chi connectivity index (χ3v) is 15.2. The van der Waals surface area contributed by atoms with Gasteiger partial charge in [-0.2, -0.15) is 0 Å². The molecule has 438 valence electrons. The summed E-state index contributed by atoms with van der Waals surface area (Å²) in [5.41, 5.74) is 0. The van der Waals surface area contributed by atoms with Crippen LogP contribution in [-0.4, -0.2) is 193 Å². The second-order valence-electron chi connectivity index (χ2n) is 21.6. The first kappa shape index (κ1) is 67.1. The minimum atomic E-state index is -1.96. The lowest BCUT2D eigenvalue weighted by Gasteiger charge is -2.48. The highest BCUT2D eigenvalue weighted by atomic mass is 16.8. The first-order valence-corrected chi connectivity index (χ1v) is 29.2. The highest BCUT2D eigenvalue weighted by molar-refractivity contribution is 5.73. The van der Waals surface area contributed by atoms with E-state index in [0.717, 1.165) is 25.7 Å². The van der Waals surface area contributed by atoms with Gasteiger partial charge in [0.2, 0.25) is 5.91 Å². The van der Waals surface area contributed by atoms with E-state index in [-0.39, 0.29) is 6.61 Å². The van der Waals surface area contributed by atoms with Gasteiger partial charge >= 0.3 is 0 Å². The largest absolute Gasteiger partial charge is 0.394 e. The molecule has 17 atom stereocenters. The Morgan fingerprint density at radius 3 is 1.09 bits per heavy atom. The molecule has 0 aromatic carbocycles. The van der Waals surface area contributed by atoms with Gasteiger partial charge in [0.05, 0.1) is 38.6 Å². The first-order valence-electron chi connectivity index (χ1n) is 29.2. The first-order chi connectivity index (χ1) is 35.8. The maximum atomic E-state index is 12.1. The number of hydrogen-bond acceptors (Lipinski definition) is 18. The Hall–Kier alpha value is -1.21. The van der Waals surface area contributed by atoms with Crippen LogP contribution in [0.1, 0.15) is 213 Å². The molecular formula is C55H105NO18. The molecule has 0 radical (unpaired) electrons. The van der Waals surface area contributed by atoms with Gasteiger partial charge in [-0.1, -0.05) is 200 Å². The van der Waals surface area contributed by atoms with Gasteiger partial charge in [0.15, 0.2) is 18.9 Å². The summed E-state index contributed by atoms with van der Waals surface area (Å²) in [5.74, 6) is -0.416. The number of amides is 1. The summed E-state index contributed by atoms with van der Waals surface area (Å²) in [6, 6.07) is -0.883. The highest BCUT2D eigenvalue weighted by Gasteiger charge is 2.53. The van der Waals surface area contributed by atoms with E-state index >= 15 is 0 Å². The van der Waals surface area contributed by atoms with Crippen LogP contribution in [0.3, 0.4) is 0 Å². The molecule has 12 N–H and O–H groups in total. The van der Waals surface area contributed by atoms with E-state index < -0.39 is 130 Å². The van der Waals surface area contributed by atoms with Gasteiger partial charge in [-0.15, -0.1) is 0 Å². The van der Waals surface area contributed by atoms with Crippen molar-refractivity contribution in [3.63, 3.8) is 0 Å². The van der Waals surface area contributed by atoms with Crippen molar-refractivity contribution < 1.29 is 89.4 Å². The Bertz CT molecular complexity index is 1370. The molecule has 3 rings (SSSR count). The van der Waals surface area contributed by atoms with Crippen molar-refractivity contribution in [2.75, 3.05) is 26.4 Å². The molecule has 3 saturated heterocycles. The summed E-state index contributed by atoms with van der Waals surface area (Å²) in [6.45, 7) is 0.867. The van der Waals surface area contributed by atoms with Crippen LogP contribution in [-0.2, 0) is 33.2 Å². The van der Waals surface area contributed by atoms with Gasteiger partial charge in [0, 0.05) is 6.92 Å². The van der Waals surface area contributed by atoms with Crippen LogP contribution in [0.5, 0.6) is 0 Å². The van der Waals surface area contributed by atoms with Crippen molar-refractivity contribution in [3.8, 4) is 0 Å². The van der Waals surface area contributed by atoms with Crippen molar-refractivity contribution in [2.24, 2.45) is 0 Å². The molecule has 0 bridgehead atoms. The maximum absolute atomic E-state index is 12.1. The van der Waals surface area contributed by atoms with Gasteiger partial charge in [0.25, 0.3) is 0 Å². The number of nitrogens with one attached hydrogen (secondary N) is 1. The molecule has 0 aromatic heterocycles. The molecule has 74 heavy (non-hydrogen) atoms. The normalized spacial score (nSPS) is 31.4. The summed E-state index contributed by atoms with van der Waals surface area (Å²) < 4.78 is 33.8. The van der Waals surface area contributed by atoms with Crippen LogP contribution in [0.4, 0.5) is 0 Å². The van der Waals surface area contributed by atoms with E-state index in [1.165, 1.54) is 174 Å². The molecule has 19 heteroatoms. The Balaban J connectivity index is 1.22. The summed E-state index contributed by atoms with van der Waals surface area (Å²) >= 11 is 0. The molecule has 1 amide bonds. The van der Waals surface area contributed by atoms with Gasteiger partial charge in [0.1, 0.15) is 73.2 Å². The van der Waals surface area contributed by atoms with E-state index in [1.807, 2.05) is 0 Å². The monoisotopic (exact) mass is 1070 g/mol. The molecule has 19 nitrogen and oxygen atoms in total. The minimum Gasteiger partial charge on any atom is -0.394 e. The summed E-state index contributed by atoms with van der Waals surface area (Å²) in [7, 11) is 0. The minimum absolute atomic E-state index is 0.316. The van der Waals surface area contributed by atoms with Crippen molar-refractivity contribution >= 4 is 5.91 Å². The fourth-order valence-corrected chi connectivity index (χ4v) is 10.5. The summed E-state index contributed by atoms with van der Waals surface area (Å²) in [4.78, 5) is 12.1. The lowest BCUT2D eigenvalue weighted by Crippen LogP contribution is -2.66. The van der Waals surface area contributed by atoms with E-state index in [9.17, 15) is 61.0 Å². The third-order valence-electron chi connectivity index (χ3n) is 15.2. The van der Waals surface area contributed by atoms with Crippen LogP contribution in [0.2, 0.25) is 0 Å². The number of aliphatic hydroxyl groups excluding tert-OH is 11. The van der Waals surface area contributed by atoms with Crippen LogP contribution in [0, 0.1) is 0 Å². The predicted molar refractivity (Wildman–Crippen MR) is 277 cm³/mol. The molecular weight excluding hydrogens is 963 g/mol. The number of carbonyl (C=O) groups excluding carboxylic acids is 1. The number of aliphatic hydroxyl groups is 11. The van der Waals surface area contributed by atoms with Gasteiger partial charge in [-0.05, 0) is 6.42 Å². The molecule has 3 aliphatic heterocycles. The van der Waals surface area contributed by atoms with Crippen molar-refractivity contribution in [3.05, 3.63) is 0 Å². The molecule has 3 aliphatic rings. The zero-order valence-electron chi connectivity index (χ0n) is 45.3. The molecule has 17 unspecified atom stereocenters. The fourth-order valence-electron chi connectivity index (χ4n) is 10.5. The van der Waals surface area contributed by atoms with Crippen molar-refractivity contribution in [2.45, 2.75) is 317 Å². The van der Waals surface area contributed by atoms with E-state index in [4.69, 9.17) is 28.4 Å². The fraction of sp³-hybridized carbons (Fsp3) is 0.982. The maximum Gasteiger partial charge on any atom is 0.217 e. The summed E-state index contributed by atoms with van der Waals surface area (Å²) in [5, 5.41) is 118. The SMILES string of the molecule is CCCCCCCCCCCCCCCCCCCCCCCCCCCCCCCCC(O)C(COC1OC(CO)C(OC2OC(CO)C(OC3OC(CO)C(O)C(O)C3O)C(O)C2O)C(O)C1O)NC(C)=O. The van der Waals surface area contributed by atoms with Gasteiger partial charge in [-0.3, -0.25) is 4.79 Å². The Morgan fingerprint density at radius 2 is 0.743 bits per heavy atom. The van der Waals surface area contributed by atoms with E-state index in [2.05, 4.69) is 12.2 Å². The van der Waals surface area contributed by atoms with Crippen LogP contribution >= 0.6 is 0 Å². The van der Waals surface area contributed by atoms with Gasteiger partial charge < -0.3 is 89.9 Å². The quantitative estimate of drug-likeness (QED) is 0.0376. The Labute approximate surface area is 443 Å². The zero-order valence-corrected chi connectivity index (χ0v) is 45.3. The zero-order chi connectivity index (χ0) is 54.1. The number of hydrogen-bond donors (Lipinski definition) is 12. The van der Waals surface area contributed by atoms with Crippen LogP contribution < -0.4 is 5.32 Å². The number of carbonyl (C=O) groups is 1. The Kier molecular flexibility index (Phi) is 36.3. The van der Waals surface area contributed by atoms with Crippen LogP contribution in [0.15, 0.2) is 0 Å². The smallest absolute Gasteiger partial charge is 0.217 e. The van der Waals surface area contributed by atoms with Crippen LogP contribution in [0.25, 0.3) is 0 Å². The molecule has 0 aliphatic carbocycles. The summed E-state index contributed by atoms with van der Waals surface area (Å²) in [6.07, 6.45) is 13.6. The van der Waals surface area contributed by atoms with Gasteiger partial charge in [-0.25, -0.2) is 0 Å². The number of ether oxygens (including phenoxy) is 6. The molecule has 0 saturated carbocycles. The van der Waals surface area contributed by atoms with E-state index in [0.29, 0.717) is 6.42 Å². The van der Waals surface area contributed by atoms with Crippen molar-refractivity contribution in [1.82, 2.24) is 5.32 Å². The molecule has 0 aromatic rings. The van der Waals surface area contributed by atoms with Crippen molar-refractivity contribution in [1.29, 1.82) is 0 Å². The highest BCUT2D eigenvalue weighted by Crippen LogP contribution is 2.33. The standard InChI is InChI=1S/C55H105NO18/c1-3-4-5-6-7-8-9-10-11-12-13-14-15-16-17-18-19-20-21-22-23-24-25-26-27-28-29-30-31-32-33-40(61)39(56-38(2)60)37-69-53-49(67)46(64)51(42(35-58)71-53)74-55-50(68)47(65)52(43(36-59)72-55)73-54-48(66)45(63)44(62)41(34-57)70-54/h39-55,57-59,61-68H,3-37H2,1-2H3,(H,56,60). The molecule has 3 fully saturated rings. The number of unbranched alkanes of at least 4 members (excludes halogenated alkanes) is 29. The average Bonchev–Trinajstić information content (AvgIpc) is 3.39. The average molecular weight is 1070 g/mol. The second-order valence-corrected chi connectivity index (χ2v) is 21.6. The lowest BCUT2D eigenvalue weighted by atomic mass is 9.96. The third kappa shape index (κ3) is 24.9. The predicted octanol–water partition coefficient (Wildman–Crippen LogP) is 4.43. The molecule has 0 spiro atoms. The topological polar surface area (TPSA) is 307 Å².